The van der Waals surface area contributed by atoms with Gasteiger partial charge in [-0.3, -0.25) is 9.89 Å². The number of aromatic amines is 1. The van der Waals surface area contributed by atoms with Crippen molar-refractivity contribution in [3.63, 3.8) is 0 Å². The van der Waals surface area contributed by atoms with Gasteiger partial charge in [0.05, 0.1) is 17.6 Å². The SMILES string of the molecule is CCc1[nH]nc(C(=O)NC2CCN(S(C)(=O)=O)CC2)c1N. The van der Waals surface area contributed by atoms with Crippen molar-refractivity contribution in [2.75, 3.05) is 25.1 Å². The maximum atomic E-state index is 12.1. The van der Waals surface area contributed by atoms with E-state index in [1.165, 1.54) is 10.6 Å². The molecule has 2 rings (SSSR count). The molecule has 21 heavy (non-hydrogen) atoms. The molecule has 0 atom stereocenters. The normalized spacial score (nSPS) is 17.8. The molecule has 1 saturated heterocycles. The molecular weight excluding hydrogens is 294 g/mol. The number of aromatic nitrogens is 2. The van der Waals surface area contributed by atoms with Crippen LogP contribution < -0.4 is 11.1 Å². The van der Waals surface area contributed by atoms with E-state index in [1.54, 1.807) is 0 Å². The number of nitrogen functional groups attached to an aromatic ring is 1. The number of carbonyl (C=O) groups is 1. The van der Waals surface area contributed by atoms with Crippen molar-refractivity contribution in [3.8, 4) is 0 Å². The largest absolute Gasteiger partial charge is 0.395 e. The second-order valence-electron chi connectivity index (χ2n) is 5.23. The van der Waals surface area contributed by atoms with Gasteiger partial charge in [-0.2, -0.15) is 5.10 Å². The van der Waals surface area contributed by atoms with E-state index in [9.17, 15) is 13.2 Å². The highest BCUT2D eigenvalue weighted by molar-refractivity contribution is 7.88. The Bertz CT molecular complexity index is 617. The number of rotatable bonds is 4. The fraction of sp³-hybridized carbons (Fsp3) is 0.667. The number of carbonyl (C=O) groups excluding carboxylic acids is 1. The first-order valence-corrected chi connectivity index (χ1v) is 8.76. The molecule has 8 nitrogen and oxygen atoms in total. The van der Waals surface area contributed by atoms with E-state index in [0.29, 0.717) is 38.0 Å². The molecule has 0 unspecified atom stereocenters. The number of hydrogen-bond donors (Lipinski definition) is 3. The van der Waals surface area contributed by atoms with Gasteiger partial charge in [0.25, 0.3) is 5.91 Å². The summed E-state index contributed by atoms with van der Waals surface area (Å²) in [5.74, 6) is -0.318. The Kier molecular flexibility index (Phi) is 4.52. The number of aryl methyl sites for hydroxylation is 1. The van der Waals surface area contributed by atoms with Crippen LogP contribution in [-0.2, 0) is 16.4 Å². The standard InChI is InChI=1S/C12H21N5O3S/c1-3-9-10(13)11(16-15-9)12(18)14-8-4-6-17(7-5-8)21(2,19)20/h8H,3-7,13H2,1-2H3,(H,14,18)(H,15,16). The third-order valence-corrected chi connectivity index (χ3v) is 5.01. The number of nitrogens with two attached hydrogens (primary N) is 1. The Labute approximate surface area is 124 Å². The molecule has 1 amide bonds. The van der Waals surface area contributed by atoms with E-state index in [4.69, 9.17) is 5.73 Å². The second kappa shape index (κ2) is 6.02. The highest BCUT2D eigenvalue weighted by Gasteiger charge is 2.27. The highest BCUT2D eigenvalue weighted by atomic mass is 32.2. The van der Waals surface area contributed by atoms with Gasteiger partial charge in [-0.1, -0.05) is 6.92 Å². The number of hydrogen-bond acceptors (Lipinski definition) is 5. The molecule has 0 aromatic carbocycles. The molecule has 118 valence electrons. The molecule has 9 heteroatoms. The van der Waals surface area contributed by atoms with Crippen molar-refractivity contribution >= 4 is 21.6 Å². The van der Waals surface area contributed by atoms with Crippen molar-refractivity contribution in [2.45, 2.75) is 32.2 Å². The first-order valence-electron chi connectivity index (χ1n) is 6.91. The van der Waals surface area contributed by atoms with Gasteiger partial charge in [-0.25, -0.2) is 12.7 Å². The van der Waals surface area contributed by atoms with Gasteiger partial charge in [0.1, 0.15) is 0 Å². The van der Waals surface area contributed by atoms with Crippen molar-refractivity contribution in [1.29, 1.82) is 0 Å². The Morgan fingerprint density at radius 3 is 2.57 bits per heavy atom. The molecule has 2 heterocycles. The second-order valence-corrected chi connectivity index (χ2v) is 7.21. The van der Waals surface area contributed by atoms with Gasteiger partial charge >= 0.3 is 0 Å². The van der Waals surface area contributed by atoms with Crippen LogP contribution in [0.5, 0.6) is 0 Å². The van der Waals surface area contributed by atoms with Crippen molar-refractivity contribution in [1.82, 2.24) is 19.8 Å². The lowest BCUT2D eigenvalue weighted by Crippen LogP contribution is -2.46. The van der Waals surface area contributed by atoms with Crippen molar-refractivity contribution in [2.24, 2.45) is 0 Å². The maximum Gasteiger partial charge on any atom is 0.274 e. The van der Waals surface area contributed by atoms with Gasteiger partial charge in [0, 0.05) is 19.1 Å². The maximum absolute atomic E-state index is 12.1. The molecule has 1 fully saturated rings. The molecule has 0 radical (unpaired) electrons. The fourth-order valence-corrected chi connectivity index (χ4v) is 3.29. The zero-order valence-corrected chi connectivity index (χ0v) is 13.0. The summed E-state index contributed by atoms with van der Waals surface area (Å²) in [6, 6.07) is -0.0586. The summed E-state index contributed by atoms with van der Waals surface area (Å²) in [6.07, 6.45) is 3.05. The summed E-state index contributed by atoms with van der Waals surface area (Å²) < 4.78 is 24.3. The molecule has 1 aromatic rings. The predicted octanol–water partition coefficient (Wildman–Crippen LogP) is -0.292. The Hall–Kier alpha value is -1.61. The van der Waals surface area contributed by atoms with E-state index < -0.39 is 10.0 Å². The molecule has 0 spiro atoms. The van der Waals surface area contributed by atoms with E-state index in [-0.39, 0.29) is 17.6 Å². The minimum absolute atomic E-state index is 0.0586. The van der Waals surface area contributed by atoms with Gasteiger partial charge in [-0.05, 0) is 19.3 Å². The number of nitrogens with one attached hydrogen (secondary N) is 2. The minimum Gasteiger partial charge on any atom is -0.395 e. The Balaban J connectivity index is 1.94. The summed E-state index contributed by atoms with van der Waals surface area (Å²) in [5, 5.41) is 9.55. The summed E-state index contributed by atoms with van der Waals surface area (Å²) >= 11 is 0. The quantitative estimate of drug-likeness (QED) is 0.705. The molecule has 1 aromatic heterocycles. The minimum atomic E-state index is -3.15. The van der Waals surface area contributed by atoms with Crippen LogP contribution >= 0.6 is 0 Å². The molecule has 1 aliphatic rings. The molecule has 1 aliphatic heterocycles. The third kappa shape index (κ3) is 3.53. The smallest absolute Gasteiger partial charge is 0.274 e. The number of piperidine rings is 1. The molecule has 4 N–H and O–H groups in total. The first kappa shape index (κ1) is 15.8. The monoisotopic (exact) mass is 315 g/mol. The number of sulfonamides is 1. The van der Waals surface area contributed by atoms with Crippen LogP contribution in [0.25, 0.3) is 0 Å². The van der Waals surface area contributed by atoms with Crippen molar-refractivity contribution in [3.05, 3.63) is 11.4 Å². The lowest BCUT2D eigenvalue weighted by atomic mass is 10.1. The summed E-state index contributed by atoms with van der Waals surface area (Å²) in [7, 11) is -3.15. The summed E-state index contributed by atoms with van der Waals surface area (Å²) in [4.78, 5) is 12.1. The van der Waals surface area contributed by atoms with Gasteiger partial charge in [0.15, 0.2) is 5.69 Å². The van der Waals surface area contributed by atoms with Crippen LogP contribution in [0, 0.1) is 0 Å². The average molecular weight is 315 g/mol. The number of amides is 1. The number of H-pyrrole nitrogens is 1. The lowest BCUT2D eigenvalue weighted by Gasteiger charge is -2.30. The number of nitrogens with zero attached hydrogens (tertiary/aromatic N) is 2. The summed E-state index contributed by atoms with van der Waals surface area (Å²) in [6.45, 7) is 2.76. The van der Waals surface area contributed by atoms with E-state index in [2.05, 4.69) is 15.5 Å². The van der Waals surface area contributed by atoms with Crippen molar-refractivity contribution < 1.29 is 13.2 Å². The average Bonchev–Trinajstić information content (AvgIpc) is 2.79. The van der Waals surface area contributed by atoms with Gasteiger partial charge in [0.2, 0.25) is 10.0 Å². The van der Waals surface area contributed by atoms with Crippen LogP contribution in [0.4, 0.5) is 5.69 Å². The first-order chi connectivity index (χ1) is 9.82. The molecule has 0 saturated carbocycles. The van der Waals surface area contributed by atoms with Crippen LogP contribution in [0.2, 0.25) is 0 Å². The van der Waals surface area contributed by atoms with Crippen LogP contribution in [0.15, 0.2) is 0 Å². The topological polar surface area (TPSA) is 121 Å². The zero-order chi connectivity index (χ0) is 15.6. The summed E-state index contributed by atoms with van der Waals surface area (Å²) in [5.41, 5.74) is 7.18. The predicted molar refractivity (Wildman–Crippen MR) is 79.3 cm³/mol. The zero-order valence-electron chi connectivity index (χ0n) is 12.2. The van der Waals surface area contributed by atoms with Gasteiger partial charge in [-0.15, -0.1) is 0 Å². The lowest BCUT2D eigenvalue weighted by molar-refractivity contribution is 0.0919. The molecular formula is C12H21N5O3S. The Morgan fingerprint density at radius 1 is 1.48 bits per heavy atom. The molecule has 0 aliphatic carbocycles. The van der Waals surface area contributed by atoms with E-state index in [1.807, 2.05) is 6.92 Å². The van der Waals surface area contributed by atoms with E-state index in [0.717, 1.165) is 5.69 Å². The molecule has 0 bridgehead atoms. The van der Waals surface area contributed by atoms with Crippen LogP contribution in [-0.4, -0.2) is 54.2 Å². The van der Waals surface area contributed by atoms with Gasteiger partial charge < -0.3 is 11.1 Å². The Morgan fingerprint density at radius 2 is 2.10 bits per heavy atom. The van der Waals surface area contributed by atoms with Crippen LogP contribution in [0.1, 0.15) is 35.9 Å². The van der Waals surface area contributed by atoms with Crippen LogP contribution in [0.3, 0.4) is 0 Å². The number of anilines is 1. The fourth-order valence-electron chi connectivity index (χ4n) is 2.41. The highest BCUT2D eigenvalue weighted by Crippen LogP contribution is 2.17. The van der Waals surface area contributed by atoms with E-state index >= 15 is 0 Å². The third-order valence-electron chi connectivity index (χ3n) is 3.71.